The number of halogens is 3. The maximum absolute atomic E-state index is 11.7. The number of nitrogens with zero attached hydrogens (tertiary/aromatic N) is 1. The van der Waals surface area contributed by atoms with Crippen LogP contribution in [0.15, 0.2) is 4.99 Å². The molecule has 6 heteroatoms. The van der Waals surface area contributed by atoms with Gasteiger partial charge in [-0.3, -0.25) is 4.99 Å². The van der Waals surface area contributed by atoms with Crippen LogP contribution in [0.25, 0.3) is 0 Å². The van der Waals surface area contributed by atoms with Gasteiger partial charge in [0, 0.05) is 7.05 Å². The fourth-order valence-corrected chi connectivity index (χ4v) is 0.494. The van der Waals surface area contributed by atoms with Gasteiger partial charge >= 0.3 is 6.18 Å². The van der Waals surface area contributed by atoms with Crippen LogP contribution in [-0.4, -0.2) is 31.9 Å². The summed E-state index contributed by atoms with van der Waals surface area (Å²) in [5, 5.41) is 6.59. The predicted octanol–water partition coefficient (Wildman–Crippen LogP) is 1.63. The molecule has 0 aromatic heterocycles. The summed E-state index contributed by atoms with van der Waals surface area (Å²) in [7, 11) is 2.52. The van der Waals surface area contributed by atoms with Gasteiger partial charge < -0.3 is 10.1 Å². The number of aliphatic imine (C=N–C) groups is 1. The van der Waals surface area contributed by atoms with Crippen LogP contribution in [-0.2, 0) is 4.74 Å². The largest absolute Gasteiger partial charge is 0.484 e. The summed E-state index contributed by atoms with van der Waals surface area (Å²) in [5.41, 5.74) is -1.36. The highest BCUT2D eigenvalue weighted by atomic mass is 19.4. The Kier molecular flexibility index (Phi) is 3.72. The fourth-order valence-electron chi connectivity index (χ4n) is 0.494. The lowest BCUT2D eigenvalue weighted by Gasteiger charge is -2.08. The van der Waals surface area contributed by atoms with E-state index < -0.39 is 18.3 Å². The summed E-state index contributed by atoms with van der Waals surface area (Å²) in [6, 6.07) is 0. The van der Waals surface area contributed by atoms with Crippen LogP contribution in [0, 0.1) is 5.41 Å². The van der Waals surface area contributed by atoms with Crippen LogP contribution in [0.4, 0.5) is 13.2 Å². The zero-order chi connectivity index (χ0) is 9.78. The van der Waals surface area contributed by atoms with Gasteiger partial charge in [-0.15, -0.1) is 0 Å². The van der Waals surface area contributed by atoms with E-state index in [0.717, 1.165) is 0 Å². The molecular formula is C6H9F3N2O. The maximum atomic E-state index is 11.7. The molecule has 0 fully saturated rings. The maximum Gasteiger partial charge on any atom is 0.429 e. The first kappa shape index (κ1) is 10.9. The van der Waals surface area contributed by atoms with E-state index in [2.05, 4.69) is 9.73 Å². The molecule has 70 valence electrons. The number of hydrogen-bond acceptors (Lipinski definition) is 3. The quantitative estimate of drug-likeness (QED) is 0.512. The molecule has 0 bridgehead atoms. The second kappa shape index (κ2) is 4.08. The van der Waals surface area contributed by atoms with Crippen LogP contribution >= 0.6 is 0 Å². The first-order valence-corrected chi connectivity index (χ1v) is 3.06. The summed E-state index contributed by atoms with van der Waals surface area (Å²) in [6.07, 6.45) is -5.20. The number of methoxy groups -OCH3 is 1. The smallest absolute Gasteiger partial charge is 0.429 e. The van der Waals surface area contributed by atoms with Crippen molar-refractivity contribution in [2.75, 3.05) is 14.2 Å². The van der Waals surface area contributed by atoms with Crippen LogP contribution in [0.5, 0.6) is 0 Å². The minimum Gasteiger partial charge on any atom is -0.484 e. The summed E-state index contributed by atoms with van der Waals surface area (Å²) in [5.74, 6) is -0.0997. The predicted molar refractivity (Wildman–Crippen MR) is 38.8 cm³/mol. The van der Waals surface area contributed by atoms with Crippen molar-refractivity contribution in [1.29, 1.82) is 5.41 Å². The van der Waals surface area contributed by atoms with Crippen molar-refractivity contribution >= 4 is 11.6 Å². The van der Waals surface area contributed by atoms with Crippen LogP contribution < -0.4 is 0 Å². The van der Waals surface area contributed by atoms with Crippen LogP contribution in [0.1, 0.15) is 6.42 Å². The fraction of sp³-hybridized carbons (Fsp3) is 0.667. The van der Waals surface area contributed by atoms with E-state index in [4.69, 9.17) is 5.41 Å². The molecule has 0 aromatic carbocycles. The van der Waals surface area contributed by atoms with Gasteiger partial charge in [-0.05, 0) is 0 Å². The number of rotatable bonds is 2. The highest BCUT2D eigenvalue weighted by Crippen LogP contribution is 2.18. The van der Waals surface area contributed by atoms with Gasteiger partial charge in [0.15, 0.2) is 5.90 Å². The molecule has 1 N–H and O–H groups in total. The first-order valence-electron chi connectivity index (χ1n) is 3.06. The minimum absolute atomic E-state index is 0.0997. The number of hydrogen-bond donors (Lipinski definition) is 1. The highest BCUT2D eigenvalue weighted by molar-refractivity contribution is 6.02. The second-order valence-corrected chi connectivity index (χ2v) is 1.97. The van der Waals surface area contributed by atoms with Gasteiger partial charge in [0.25, 0.3) is 0 Å². The molecule has 0 unspecified atom stereocenters. The molecule has 0 rings (SSSR count). The van der Waals surface area contributed by atoms with Crippen molar-refractivity contribution in [2.45, 2.75) is 12.6 Å². The Bertz CT molecular complexity index is 197. The monoisotopic (exact) mass is 182 g/mol. The molecule has 3 nitrogen and oxygen atoms in total. The normalized spacial score (nSPS) is 12.9. The lowest BCUT2D eigenvalue weighted by molar-refractivity contribution is -0.0607. The molecule has 0 aliphatic rings. The van der Waals surface area contributed by atoms with Gasteiger partial charge in [0.2, 0.25) is 0 Å². The Morgan fingerprint density at radius 1 is 1.50 bits per heavy atom. The molecule has 0 atom stereocenters. The van der Waals surface area contributed by atoms with Gasteiger partial charge in [0.05, 0.1) is 13.5 Å². The number of nitrogens with one attached hydrogen (secondary N) is 1. The van der Waals surface area contributed by atoms with Crippen molar-refractivity contribution in [1.82, 2.24) is 0 Å². The standard InChI is InChI=1S/C6H9F3N2O/c1-11-5(12-2)3-4(10)6(7,8)9/h10H,3H2,1-2H3. The Morgan fingerprint density at radius 2 is 2.00 bits per heavy atom. The molecule has 0 aliphatic heterocycles. The van der Waals surface area contributed by atoms with E-state index in [1.165, 1.54) is 14.2 Å². The highest BCUT2D eigenvalue weighted by Gasteiger charge is 2.34. The number of alkyl halides is 3. The molecular weight excluding hydrogens is 173 g/mol. The SMILES string of the molecule is CN=C(CC(=N)C(F)(F)F)OC. The Balaban J connectivity index is 4.19. The summed E-state index contributed by atoms with van der Waals surface area (Å²) in [4.78, 5) is 3.41. The molecule has 0 saturated heterocycles. The van der Waals surface area contributed by atoms with E-state index in [-0.39, 0.29) is 5.90 Å². The van der Waals surface area contributed by atoms with E-state index >= 15 is 0 Å². The first-order chi connectivity index (χ1) is 5.41. The molecule has 12 heavy (non-hydrogen) atoms. The zero-order valence-corrected chi connectivity index (χ0v) is 6.70. The van der Waals surface area contributed by atoms with Crippen molar-refractivity contribution in [3.63, 3.8) is 0 Å². The molecule has 0 saturated carbocycles. The lowest BCUT2D eigenvalue weighted by Crippen LogP contribution is -2.25. The molecule has 0 spiro atoms. The van der Waals surface area contributed by atoms with Crippen LogP contribution in [0.3, 0.4) is 0 Å². The Hall–Kier alpha value is -1.07. The van der Waals surface area contributed by atoms with Crippen molar-refractivity contribution in [2.24, 2.45) is 4.99 Å². The topological polar surface area (TPSA) is 45.4 Å². The second-order valence-electron chi connectivity index (χ2n) is 1.97. The molecule has 0 amide bonds. The number of ether oxygens (including phenoxy) is 1. The van der Waals surface area contributed by atoms with E-state index in [1.807, 2.05) is 0 Å². The Morgan fingerprint density at radius 3 is 2.25 bits per heavy atom. The van der Waals surface area contributed by atoms with Crippen molar-refractivity contribution in [3.8, 4) is 0 Å². The Labute approximate surface area is 67.8 Å². The molecule has 0 radical (unpaired) electrons. The average molecular weight is 182 g/mol. The molecule has 0 heterocycles. The van der Waals surface area contributed by atoms with Gasteiger partial charge in [-0.2, -0.15) is 13.2 Å². The van der Waals surface area contributed by atoms with Crippen molar-refractivity contribution < 1.29 is 17.9 Å². The third-order valence-electron chi connectivity index (χ3n) is 1.16. The summed E-state index contributed by atoms with van der Waals surface area (Å²) >= 11 is 0. The zero-order valence-electron chi connectivity index (χ0n) is 6.70. The minimum atomic E-state index is -4.59. The summed E-state index contributed by atoms with van der Waals surface area (Å²) in [6.45, 7) is 0. The van der Waals surface area contributed by atoms with E-state index in [0.29, 0.717) is 0 Å². The van der Waals surface area contributed by atoms with E-state index in [1.54, 1.807) is 0 Å². The summed E-state index contributed by atoms with van der Waals surface area (Å²) < 4.78 is 39.7. The molecule has 0 aliphatic carbocycles. The third kappa shape index (κ3) is 3.36. The van der Waals surface area contributed by atoms with E-state index in [9.17, 15) is 13.2 Å². The van der Waals surface area contributed by atoms with Gasteiger partial charge in [0.1, 0.15) is 5.71 Å². The van der Waals surface area contributed by atoms with Gasteiger partial charge in [-0.1, -0.05) is 0 Å². The van der Waals surface area contributed by atoms with Gasteiger partial charge in [-0.25, -0.2) is 0 Å². The van der Waals surface area contributed by atoms with Crippen molar-refractivity contribution in [3.05, 3.63) is 0 Å². The average Bonchev–Trinajstić information content (AvgIpc) is 1.97. The molecule has 0 aromatic rings. The lowest BCUT2D eigenvalue weighted by atomic mass is 10.2. The van der Waals surface area contributed by atoms with Crippen LogP contribution in [0.2, 0.25) is 0 Å². The third-order valence-corrected chi connectivity index (χ3v) is 1.16.